The molecule has 0 atom stereocenters. The van der Waals surface area contributed by atoms with Crippen molar-refractivity contribution in [3.63, 3.8) is 0 Å². The first-order valence-corrected chi connectivity index (χ1v) is 10.7. The van der Waals surface area contributed by atoms with Crippen molar-refractivity contribution < 1.29 is 28.3 Å². The number of anilines is 1. The molecule has 35 heavy (non-hydrogen) atoms. The van der Waals surface area contributed by atoms with Gasteiger partial charge in [0.1, 0.15) is 23.9 Å². The minimum Gasteiger partial charge on any atom is -0.495 e. The summed E-state index contributed by atoms with van der Waals surface area (Å²) in [6.45, 7) is 1.20. The van der Waals surface area contributed by atoms with E-state index in [0.717, 1.165) is 4.57 Å². The Bertz CT molecular complexity index is 1440. The topological polar surface area (TPSA) is 121 Å². The van der Waals surface area contributed by atoms with Gasteiger partial charge in [-0.1, -0.05) is 11.6 Å². The lowest BCUT2D eigenvalue weighted by Gasteiger charge is -2.12. The molecule has 4 rings (SSSR count). The summed E-state index contributed by atoms with van der Waals surface area (Å²) in [5, 5.41) is 3.20. The Kier molecular flexibility index (Phi) is 7.02. The molecule has 1 N–H and O–H groups in total. The van der Waals surface area contributed by atoms with Crippen LogP contribution in [-0.2, 0) is 16.1 Å². The molecule has 11 heteroatoms. The van der Waals surface area contributed by atoms with Crippen molar-refractivity contribution >= 4 is 34.8 Å². The molecule has 0 radical (unpaired) electrons. The van der Waals surface area contributed by atoms with Gasteiger partial charge in [0.25, 0.3) is 11.5 Å². The molecule has 0 aliphatic heterocycles. The number of hydrogen-bond donors (Lipinski definition) is 1. The highest BCUT2D eigenvalue weighted by molar-refractivity contribution is 6.30. The van der Waals surface area contributed by atoms with E-state index in [-0.39, 0.29) is 30.2 Å². The van der Waals surface area contributed by atoms with Gasteiger partial charge >= 0.3 is 5.97 Å². The summed E-state index contributed by atoms with van der Waals surface area (Å²) in [5.74, 6) is 0.209. The maximum Gasteiger partial charge on any atom is 0.338 e. The number of halogens is 1. The molecule has 1 amide bonds. The van der Waals surface area contributed by atoms with Crippen LogP contribution in [0.4, 0.5) is 5.69 Å². The van der Waals surface area contributed by atoms with E-state index in [2.05, 4.69) is 10.3 Å². The summed E-state index contributed by atoms with van der Waals surface area (Å²) in [6, 6.07) is 13.8. The number of esters is 1. The largest absolute Gasteiger partial charge is 0.495 e. The van der Waals surface area contributed by atoms with Crippen molar-refractivity contribution in [2.75, 3.05) is 19.0 Å². The number of fused-ring (bicyclic) bond motifs is 1. The number of aryl methyl sites for hydroxylation is 1. The van der Waals surface area contributed by atoms with Crippen LogP contribution in [0, 0.1) is 6.92 Å². The number of amides is 1. The Morgan fingerprint density at radius 3 is 2.63 bits per heavy atom. The number of methoxy groups -OCH3 is 1. The molecule has 2 aromatic heterocycles. The Balaban J connectivity index is 1.41. The summed E-state index contributed by atoms with van der Waals surface area (Å²) in [5.41, 5.74) is 0.584. The van der Waals surface area contributed by atoms with Crippen molar-refractivity contribution in [2.45, 2.75) is 13.5 Å². The van der Waals surface area contributed by atoms with Crippen molar-refractivity contribution in [1.29, 1.82) is 0 Å². The lowest BCUT2D eigenvalue weighted by Crippen LogP contribution is -2.21. The summed E-state index contributed by atoms with van der Waals surface area (Å²) in [7, 11) is 1.44. The van der Waals surface area contributed by atoms with Gasteiger partial charge in [-0.15, -0.1) is 4.57 Å². The second kappa shape index (κ2) is 10.3. The number of benzene rings is 2. The predicted octanol–water partition coefficient (Wildman–Crippen LogP) is 3.63. The molecule has 0 saturated carbocycles. The molecule has 0 saturated heterocycles. The maximum absolute atomic E-state index is 12.6. The number of ether oxygens (including phenoxy) is 3. The van der Waals surface area contributed by atoms with Crippen molar-refractivity contribution in [2.24, 2.45) is 0 Å². The Hall–Kier alpha value is -4.31. The quantitative estimate of drug-likeness (QED) is 0.366. The molecule has 4 aromatic rings. The van der Waals surface area contributed by atoms with E-state index in [1.165, 1.54) is 31.4 Å². The lowest BCUT2D eigenvalue weighted by molar-refractivity contribution is -0.118. The number of nitrogens with one attached hydrogen (secondary N) is 1. The van der Waals surface area contributed by atoms with Crippen LogP contribution < -0.4 is 20.3 Å². The molecule has 10 nitrogen and oxygen atoms in total. The first-order chi connectivity index (χ1) is 16.8. The van der Waals surface area contributed by atoms with Crippen molar-refractivity contribution in [3.05, 3.63) is 87.0 Å². The zero-order chi connectivity index (χ0) is 24.9. The van der Waals surface area contributed by atoms with Gasteiger partial charge in [0.05, 0.1) is 24.1 Å². The van der Waals surface area contributed by atoms with Crippen LogP contribution in [0.5, 0.6) is 11.5 Å². The van der Waals surface area contributed by atoms with E-state index in [1.807, 2.05) is 0 Å². The SMILES string of the molecule is COc1ccc(C(=O)OCc2cc(=O)n3oc(C)cc3n2)cc1NC(=O)COc1ccc(Cl)cc1. The highest BCUT2D eigenvalue weighted by Gasteiger charge is 2.15. The number of rotatable bonds is 8. The number of carbonyl (C=O) groups excluding carboxylic acids is 2. The fraction of sp³-hybridized carbons (Fsp3) is 0.167. The molecule has 180 valence electrons. The molecule has 0 unspecified atom stereocenters. The normalized spacial score (nSPS) is 10.7. The van der Waals surface area contributed by atoms with Crippen LogP contribution in [0.25, 0.3) is 5.65 Å². The van der Waals surface area contributed by atoms with Crippen molar-refractivity contribution in [3.8, 4) is 11.5 Å². The molecule has 0 fully saturated rings. The average molecular weight is 498 g/mol. The Labute approximate surface area is 204 Å². The lowest BCUT2D eigenvalue weighted by atomic mass is 10.2. The molecule has 0 spiro atoms. The van der Waals surface area contributed by atoms with Crippen LogP contribution in [-0.4, -0.2) is 35.2 Å². The van der Waals surface area contributed by atoms with Gasteiger partial charge in [-0.25, -0.2) is 9.78 Å². The zero-order valence-corrected chi connectivity index (χ0v) is 19.5. The monoisotopic (exact) mass is 497 g/mol. The van der Waals surface area contributed by atoms with Crippen LogP contribution in [0.15, 0.2) is 63.9 Å². The van der Waals surface area contributed by atoms with E-state index in [1.54, 1.807) is 37.3 Å². The number of nitrogens with zero attached hydrogens (tertiary/aromatic N) is 2. The van der Waals surface area contributed by atoms with Gasteiger partial charge in [-0.3, -0.25) is 9.59 Å². The number of hydrogen-bond acceptors (Lipinski definition) is 8. The molecule has 0 bridgehead atoms. The standard InChI is InChI=1S/C24H20ClN3O7/c1-14-9-21-26-17(11-23(30)28(21)35-14)12-34-24(31)15-3-8-20(32-2)19(10-15)27-22(29)13-33-18-6-4-16(25)5-7-18/h3-11H,12-13H2,1-2H3,(H,27,29). The molecule has 0 aliphatic carbocycles. The molecule has 0 aliphatic rings. The van der Waals surface area contributed by atoms with E-state index < -0.39 is 17.4 Å². The molecule has 2 heterocycles. The highest BCUT2D eigenvalue weighted by atomic mass is 35.5. The van der Waals surface area contributed by atoms with Crippen LogP contribution >= 0.6 is 11.6 Å². The van der Waals surface area contributed by atoms with Gasteiger partial charge in [0, 0.05) is 17.2 Å². The minimum atomic E-state index is -0.675. The molecular formula is C24H20ClN3O7. The summed E-state index contributed by atoms with van der Waals surface area (Å²) < 4.78 is 22.3. The van der Waals surface area contributed by atoms with Gasteiger partial charge in [0.2, 0.25) is 0 Å². The third-order valence-corrected chi connectivity index (χ3v) is 5.02. The first-order valence-electron chi connectivity index (χ1n) is 10.4. The molecular weight excluding hydrogens is 478 g/mol. The van der Waals surface area contributed by atoms with Crippen LogP contribution in [0.1, 0.15) is 21.8 Å². The fourth-order valence-corrected chi connectivity index (χ4v) is 3.30. The second-order valence-corrected chi connectivity index (χ2v) is 7.80. The smallest absolute Gasteiger partial charge is 0.338 e. The Morgan fingerprint density at radius 2 is 1.89 bits per heavy atom. The average Bonchev–Trinajstić information content (AvgIpc) is 3.23. The zero-order valence-electron chi connectivity index (χ0n) is 18.7. The van der Waals surface area contributed by atoms with E-state index in [4.69, 9.17) is 30.3 Å². The van der Waals surface area contributed by atoms with Crippen LogP contribution in [0.3, 0.4) is 0 Å². The first kappa shape index (κ1) is 23.8. The molecule has 2 aromatic carbocycles. The summed E-state index contributed by atoms with van der Waals surface area (Å²) in [4.78, 5) is 41.4. The third-order valence-electron chi connectivity index (χ3n) is 4.77. The summed E-state index contributed by atoms with van der Waals surface area (Å²) >= 11 is 5.84. The summed E-state index contributed by atoms with van der Waals surface area (Å²) in [6.07, 6.45) is 0. The second-order valence-electron chi connectivity index (χ2n) is 7.37. The highest BCUT2D eigenvalue weighted by Crippen LogP contribution is 2.26. The minimum absolute atomic E-state index is 0.164. The van der Waals surface area contributed by atoms with Gasteiger partial charge in [-0.05, 0) is 49.4 Å². The van der Waals surface area contributed by atoms with Crippen molar-refractivity contribution in [1.82, 2.24) is 9.56 Å². The van der Waals surface area contributed by atoms with Gasteiger partial charge in [0.15, 0.2) is 12.3 Å². The number of aromatic nitrogens is 2. The Morgan fingerprint density at radius 1 is 1.11 bits per heavy atom. The fourth-order valence-electron chi connectivity index (χ4n) is 3.17. The predicted molar refractivity (Wildman–Crippen MR) is 126 cm³/mol. The van der Waals surface area contributed by atoms with E-state index in [9.17, 15) is 14.4 Å². The third kappa shape index (κ3) is 5.79. The van der Waals surface area contributed by atoms with Gasteiger partial charge < -0.3 is 24.1 Å². The van der Waals surface area contributed by atoms with E-state index >= 15 is 0 Å². The number of carbonyl (C=O) groups is 2. The van der Waals surface area contributed by atoms with Crippen LogP contribution in [0.2, 0.25) is 5.02 Å². The maximum atomic E-state index is 12.6. The van der Waals surface area contributed by atoms with Gasteiger partial charge in [-0.2, -0.15) is 0 Å². The van der Waals surface area contributed by atoms with E-state index in [0.29, 0.717) is 27.9 Å².